The van der Waals surface area contributed by atoms with Gasteiger partial charge in [-0.1, -0.05) is 20.3 Å². The van der Waals surface area contributed by atoms with Gasteiger partial charge in [-0.2, -0.15) is 0 Å². The molecule has 1 aromatic rings. The lowest BCUT2D eigenvalue weighted by atomic mass is 10.1. The Labute approximate surface area is 138 Å². The molecule has 0 aromatic carbocycles. The zero-order valence-electron chi connectivity index (χ0n) is 14.1. The summed E-state index contributed by atoms with van der Waals surface area (Å²) in [5, 5.41) is 0. The molecule has 0 aliphatic carbocycles. The van der Waals surface area contributed by atoms with Crippen LogP contribution in [0.2, 0.25) is 0 Å². The summed E-state index contributed by atoms with van der Waals surface area (Å²) in [7, 11) is 4.39. The second-order valence-electron chi connectivity index (χ2n) is 6.14. The molecular weight excluding hydrogens is 272 g/mol. The van der Waals surface area contributed by atoms with E-state index in [9.17, 15) is 0 Å². The van der Waals surface area contributed by atoms with Crippen molar-refractivity contribution < 1.29 is 0 Å². The molecule has 0 spiro atoms. The molecule has 4 nitrogen and oxygen atoms in total. The highest BCUT2D eigenvalue weighted by atomic mass is 15.1. The molecule has 0 amide bonds. The first-order chi connectivity index (χ1) is 10.2. The van der Waals surface area contributed by atoms with Gasteiger partial charge in [0.25, 0.3) is 0 Å². The maximum absolute atomic E-state index is 3.77. The molecule has 0 unspecified atom stereocenters. The Balaban J connectivity index is 0.000000294. The number of piperidine rings is 2. The first-order valence-corrected chi connectivity index (χ1v) is 8.27. The van der Waals surface area contributed by atoms with Gasteiger partial charge in [-0.15, -0.1) is 0 Å². The minimum absolute atomic E-state index is 0. The summed E-state index contributed by atoms with van der Waals surface area (Å²) < 4.78 is 0. The van der Waals surface area contributed by atoms with Crippen molar-refractivity contribution >= 4 is 0 Å². The summed E-state index contributed by atoms with van der Waals surface area (Å²) in [6.07, 6.45) is 13.6. The van der Waals surface area contributed by atoms with Crippen LogP contribution in [0.15, 0.2) is 18.7 Å². The van der Waals surface area contributed by atoms with E-state index in [0.29, 0.717) is 0 Å². The van der Waals surface area contributed by atoms with Crippen LogP contribution in [0.5, 0.6) is 0 Å². The summed E-state index contributed by atoms with van der Waals surface area (Å²) in [4.78, 5) is 12.3. The van der Waals surface area contributed by atoms with E-state index in [0.717, 1.165) is 5.56 Å². The van der Waals surface area contributed by atoms with Gasteiger partial charge in [0.1, 0.15) is 6.33 Å². The van der Waals surface area contributed by atoms with Crippen molar-refractivity contribution in [3.63, 3.8) is 0 Å². The second kappa shape index (κ2) is 13.6. The first-order valence-electron chi connectivity index (χ1n) is 8.27. The smallest absolute Gasteiger partial charge is 0.115 e. The third kappa shape index (κ3) is 11.6. The molecule has 22 heavy (non-hydrogen) atoms. The van der Waals surface area contributed by atoms with Gasteiger partial charge >= 0.3 is 0 Å². The molecule has 0 atom stereocenters. The van der Waals surface area contributed by atoms with E-state index in [1.165, 1.54) is 71.0 Å². The van der Waals surface area contributed by atoms with Crippen LogP contribution >= 0.6 is 0 Å². The number of hydrogen-bond donors (Lipinski definition) is 0. The topological polar surface area (TPSA) is 32.3 Å². The average molecular weight is 309 g/mol. The highest BCUT2D eigenvalue weighted by Gasteiger charge is 2.02. The maximum atomic E-state index is 3.77. The maximum Gasteiger partial charge on any atom is 0.115 e. The van der Waals surface area contributed by atoms with Crippen molar-refractivity contribution in [2.45, 2.75) is 52.9 Å². The summed E-state index contributed by atoms with van der Waals surface area (Å²) in [5.74, 6) is 0. The highest BCUT2D eigenvalue weighted by Crippen LogP contribution is 2.05. The molecule has 3 rings (SSSR count). The third-order valence-electron chi connectivity index (χ3n) is 3.85. The fourth-order valence-electron chi connectivity index (χ4n) is 2.48. The Morgan fingerprint density at radius 1 is 0.727 bits per heavy atom. The number of aryl methyl sites for hydroxylation is 1. The van der Waals surface area contributed by atoms with Crippen molar-refractivity contribution in [3.8, 4) is 0 Å². The van der Waals surface area contributed by atoms with Gasteiger partial charge in [0, 0.05) is 12.4 Å². The van der Waals surface area contributed by atoms with Gasteiger partial charge in [-0.3, -0.25) is 0 Å². The lowest BCUT2D eigenvalue weighted by Crippen LogP contribution is -2.24. The molecule has 1 aromatic heterocycles. The van der Waals surface area contributed by atoms with Crippen molar-refractivity contribution in [3.05, 3.63) is 24.3 Å². The van der Waals surface area contributed by atoms with Crippen molar-refractivity contribution in [1.29, 1.82) is 0 Å². The number of rotatable bonds is 0. The summed E-state index contributed by atoms with van der Waals surface area (Å²) >= 11 is 0. The SMILES string of the molecule is C.CN1CCCCC1.CN1CCCCC1.Cc1cncnc1. The van der Waals surface area contributed by atoms with E-state index >= 15 is 0 Å². The first kappa shape index (κ1) is 21.0. The van der Waals surface area contributed by atoms with Crippen molar-refractivity contribution in [2.24, 2.45) is 0 Å². The number of nitrogens with zero attached hydrogens (tertiary/aromatic N) is 4. The second-order valence-corrected chi connectivity index (χ2v) is 6.14. The molecule has 4 heteroatoms. The van der Waals surface area contributed by atoms with E-state index < -0.39 is 0 Å². The Morgan fingerprint density at radius 3 is 1.27 bits per heavy atom. The van der Waals surface area contributed by atoms with E-state index in [1.54, 1.807) is 12.4 Å². The molecule has 0 N–H and O–H groups in total. The minimum atomic E-state index is 0. The largest absolute Gasteiger partial charge is 0.306 e. The van der Waals surface area contributed by atoms with Crippen LogP contribution in [-0.2, 0) is 0 Å². The fraction of sp³-hybridized carbons (Fsp3) is 0.778. The van der Waals surface area contributed by atoms with Crippen LogP contribution in [0, 0.1) is 6.92 Å². The van der Waals surface area contributed by atoms with Crippen LogP contribution in [0.25, 0.3) is 0 Å². The van der Waals surface area contributed by atoms with Crippen LogP contribution in [-0.4, -0.2) is 60.0 Å². The highest BCUT2D eigenvalue weighted by molar-refractivity contribution is 4.96. The van der Waals surface area contributed by atoms with Crippen LogP contribution < -0.4 is 0 Å². The Kier molecular flexibility index (Phi) is 13.0. The summed E-state index contributed by atoms with van der Waals surface area (Å²) in [5.41, 5.74) is 1.10. The van der Waals surface area contributed by atoms with E-state index in [2.05, 4.69) is 33.9 Å². The Hall–Kier alpha value is -1.00. The molecule has 3 heterocycles. The number of hydrogen-bond acceptors (Lipinski definition) is 4. The number of likely N-dealkylation sites (tertiary alicyclic amines) is 2. The molecule has 2 aliphatic heterocycles. The summed E-state index contributed by atoms with van der Waals surface area (Å²) in [6.45, 7) is 7.24. The zero-order valence-corrected chi connectivity index (χ0v) is 14.1. The van der Waals surface area contributed by atoms with Gasteiger partial charge in [-0.05, 0) is 78.4 Å². The van der Waals surface area contributed by atoms with Crippen molar-refractivity contribution in [2.75, 3.05) is 40.3 Å². The van der Waals surface area contributed by atoms with E-state index in [-0.39, 0.29) is 7.43 Å². The fourth-order valence-corrected chi connectivity index (χ4v) is 2.48. The average Bonchev–Trinajstić information content (AvgIpc) is 2.51. The molecule has 2 aliphatic rings. The minimum Gasteiger partial charge on any atom is -0.306 e. The third-order valence-corrected chi connectivity index (χ3v) is 3.85. The van der Waals surface area contributed by atoms with Gasteiger partial charge in [0.05, 0.1) is 0 Å². The van der Waals surface area contributed by atoms with Gasteiger partial charge in [0.2, 0.25) is 0 Å². The predicted octanol–water partition coefficient (Wildman–Crippen LogP) is 3.63. The lowest BCUT2D eigenvalue weighted by Gasteiger charge is -2.20. The molecule has 0 radical (unpaired) electrons. The molecular formula is C18H36N4. The molecule has 0 saturated carbocycles. The Morgan fingerprint density at radius 2 is 1.09 bits per heavy atom. The van der Waals surface area contributed by atoms with Crippen LogP contribution in [0.4, 0.5) is 0 Å². The normalized spacial score (nSPS) is 18.9. The summed E-state index contributed by atoms with van der Waals surface area (Å²) in [6, 6.07) is 0. The lowest BCUT2D eigenvalue weighted by molar-refractivity contribution is 0.277. The quantitative estimate of drug-likeness (QED) is 0.732. The monoisotopic (exact) mass is 308 g/mol. The zero-order chi connectivity index (χ0) is 15.3. The van der Waals surface area contributed by atoms with E-state index in [4.69, 9.17) is 0 Å². The van der Waals surface area contributed by atoms with Crippen LogP contribution in [0.1, 0.15) is 51.5 Å². The van der Waals surface area contributed by atoms with Gasteiger partial charge in [0.15, 0.2) is 0 Å². The molecule has 2 saturated heterocycles. The van der Waals surface area contributed by atoms with Crippen molar-refractivity contribution in [1.82, 2.24) is 19.8 Å². The van der Waals surface area contributed by atoms with E-state index in [1.807, 2.05) is 6.92 Å². The Bertz CT molecular complexity index is 314. The molecule has 2 fully saturated rings. The van der Waals surface area contributed by atoms with Crippen LogP contribution in [0.3, 0.4) is 0 Å². The number of aromatic nitrogens is 2. The molecule has 128 valence electrons. The predicted molar refractivity (Wildman–Crippen MR) is 96.2 cm³/mol. The molecule has 0 bridgehead atoms. The van der Waals surface area contributed by atoms with Gasteiger partial charge < -0.3 is 9.80 Å². The van der Waals surface area contributed by atoms with Gasteiger partial charge in [-0.25, -0.2) is 9.97 Å². The standard InChI is InChI=1S/2C6H13N.C5H6N2.CH4/c2*1-7-5-3-2-4-6-7;1-5-2-6-4-7-3-5;/h2*2-6H2,1H3;2-4H,1H3;1H4.